The van der Waals surface area contributed by atoms with Crippen molar-refractivity contribution < 1.29 is 23.9 Å². The maximum absolute atomic E-state index is 12.7. The number of carbonyl (C=O) groups excluding carboxylic acids is 3. The van der Waals surface area contributed by atoms with Crippen LogP contribution in [0.25, 0.3) is 0 Å². The summed E-state index contributed by atoms with van der Waals surface area (Å²) in [6, 6.07) is 27.1. The van der Waals surface area contributed by atoms with Crippen LogP contribution in [0.5, 0.6) is 11.5 Å². The first kappa shape index (κ1) is 25.8. The Hall–Kier alpha value is -5.24. The number of nitrogens with one attached hydrogen (secondary N) is 2. The molecule has 0 aliphatic carbocycles. The minimum Gasteiger partial charge on any atom is -0.497 e. The molecule has 2 N–H and O–H groups in total. The molecule has 0 saturated carbocycles. The Morgan fingerprint density at radius 1 is 0.763 bits per heavy atom. The van der Waals surface area contributed by atoms with E-state index in [0.29, 0.717) is 39.4 Å². The van der Waals surface area contributed by atoms with Crippen molar-refractivity contribution >= 4 is 29.7 Å². The molecule has 8 nitrogen and oxygen atoms in total. The highest BCUT2D eigenvalue weighted by Crippen LogP contribution is 2.19. The summed E-state index contributed by atoms with van der Waals surface area (Å²) in [5.41, 5.74) is 5.59. The number of hydrazone groups is 1. The number of esters is 1. The zero-order chi connectivity index (χ0) is 26.9. The molecule has 0 fully saturated rings. The molecule has 0 aromatic heterocycles. The van der Waals surface area contributed by atoms with Crippen LogP contribution in [0.1, 0.15) is 42.2 Å². The van der Waals surface area contributed by atoms with E-state index in [9.17, 15) is 14.4 Å². The first-order valence-corrected chi connectivity index (χ1v) is 11.7. The van der Waals surface area contributed by atoms with Crippen molar-refractivity contribution in [2.45, 2.75) is 6.92 Å². The number of ether oxygens (including phenoxy) is 2. The predicted octanol–water partition coefficient (Wildman–Crippen LogP) is 5.24. The number of hydrogen-bond acceptors (Lipinski definition) is 6. The first-order valence-electron chi connectivity index (χ1n) is 11.7. The predicted molar refractivity (Wildman–Crippen MR) is 145 cm³/mol. The third-order valence-electron chi connectivity index (χ3n) is 5.49. The van der Waals surface area contributed by atoms with Crippen LogP contribution in [-0.4, -0.2) is 31.1 Å². The van der Waals surface area contributed by atoms with Gasteiger partial charge in [0, 0.05) is 22.4 Å². The molecule has 2 amide bonds. The second kappa shape index (κ2) is 12.1. The van der Waals surface area contributed by atoms with Gasteiger partial charge in [-0.15, -0.1) is 0 Å². The van der Waals surface area contributed by atoms with Gasteiger partial charge < -0.3 is 14.8 Å². The summed E-state index contributed by atoms with van der Waals surface area (Å²) in [6.07, 6.45) is 1.39. The van der Waals surface area contributed by atoms with Crippen LogP contribution in [0.4, 0.5) is 5.69 Å². The van der Waals surface area contributed by atoms with E-state index in [-0.39, 0.29) is 5.91 Å². The number of aryl methyl sites for hydroxylation is 1. The molecule has 8 heteroatoms. The number of carbonyl (C=O) groups is 3. The van der Waals surface area contributed by atoms with Crippen LogP contribution in [0, 0.1) is 6.92 Å². The third kappa shape index (κ3) is 6.70. The number of amides is 2. The number of nitrogens with zero attached hydrogens (tertiary/aromatic N) is 1. The average molecular weight is 508 g/mol. The Balaban J connectivity index is 1.39. The fraction of sp³-hybridized carbons (Fsp3) is 0.0667. The van der Waals surface area contributed by atoms with Crippen LogP contribution in [0.15, 0.2) is 102 Å². The normalized spacial score (nSPS) is 10.6. The van der Waals surface area contributed by atoms with Crippen molar-refractivity contribution in [1.29, 1.82) is 0 Å². The van der Waals surface area contributed by atoms with E-state index in [1.807, 2.05) is 19.1 Å². The Bertz CT molecular complexity index is 1500. The number of para-hydroxylation sites is 1. The molecular formula is C30H25N3O5. The lowest BCUT2D eigenvalue weighted by molar-refractivity contribution is 0.0734. The highest BCUT2D eigenvalue weighted by molar-refractivity contribution is 6.05. The lowest BCUT2D eigenvalue weighted by atomic mass is 10.1. The standard InChI is InChI=1S/C30H25N3O5/c1-20-13-15-21(16-14-20)30(36)38-27-12-4-3-7-24(27)19-31-33-29(35)22-8-5-10-25(17-22)32-28(34)23-9-6-11-26(18-23)37-2/h3-19H,1-2H3,(H,32,34)(H,33,35). The molecule has 0 saturated heterocycles. The van der Waals surface area contributed by atoms with E-state index in [2.05, 4.69) is 15.8 Å². The van der Waals surface area contributed by atoms with Crippen molar-refractivity contribution in [3.8, 4) is 11.5 Å². The van der Waals surface area contributed by atoms with Crippen molar-refractivity contribution in [3.63, 3.8) is 0 Å². The zero-order valence-corrected chi connectivity index (χ0v) is 20.8. The van der Waals surface area contributed by atoms with Crippen LogP contribution >= 0.6 is 0 Å². The molecule has 4 aromatic rings. The fourth-order valence-electron chi connectivity index (χ4n) is 3.46. The molecule has 0 spiro atoms. The van der Waals surface area contributed by atoms with Gasteiger partial charge in [0.2, 0.25) is 0 Å². The zero-order valence-electron chi connectivity index (χ0n) is 20.8. The van der Waals surface area contributed by atoms with Crippen LogP contribution < -0.4 is 20.2 Å². The molecule has 0 unspecified atom stereocenters. The summed E-state index contributed by atoms with van der Waals surface area (Å²) in [5.74, 6) is -0.444. The molecule has 38 heavy (non-hydrogen) atoms. The molecule has 4 rings (SSSR count). The van der Waals surface area contributed by atoms with Gasteiger partial charge in [-0.2, -0.15) is 5.10 Å². The highest BCUT2D eigenvalue weighted by Gasteiger charge is 2.12. The number of anilines is 1. The Morgan fingerprint density at radius 2 is 1.47 bits per heavy atom. The maximum atomic E-state index is 12.7. The highest BCUT2D eigenvalue weighted by atomic mass is 16.5. The van der Waals surface area contributed by atoms with Crippen LogP contribution in [0.3, 0.4) is 0 Å². The molecule has 190 valence electrons. The van der Waals surface area contributed by atoms with Crippen LogP contribution in [0.2, 0.25) is 0 Å². The van der Waals surface area contributed by atoms with Gasteiger partial charge in [-0.1, -0.05) is 42.0 Å². The van der Waals surface area contributed by atoms with Crippen molar-refractivity contribution in [3.05, 3.63) is 125 Å². The second-order valence-electron chi connectivity index (χ2n) is 8.26. The largest absolute Gasteiger partial charge is 0.497 e. The Kier molecular flexibility index (Phi) is 8.25. The molecule has 0 aliphatic heterocycles. The second-order valence-corrected chi connectivity index (χ2v) is 8.26. The smallest absolute Gasteiger partial charge is 0.343 e. The molecule has 0 aliphatic rings. The SMILES string of the molecule is COc1cccc(C(=O)Nc2cccc(C(=O)NN=Cc3ccccc3OC(=O)c3ccc(C)cc3)c2)c1. The number of methoxy groups -OCH3 is 1. The van der Waals surface area contributed by atoms with Gasteiger partial charge in [0.1, 0.15) is 11.5 Å². The minimum atomic E-state index is -0.498. The summed E-state index contributed by atoms with van der Waals surface area (Å²) in [6.45, 7) is 1.93. The van der Waals surface area contributed by atoms with Gasteiger partial charge in [-0.05, 0) is 67.6 Å². The first-order chi connectivity index (χ1) is 18.4. The van der Waals surface area contributed by atoms with Crippen LogP contribution in [-0.2, 0) is 0 Å². The Morgan fingerprint density at radius 3 is 2.24 bits per heavy atom. The summed E-state index contributed by atoms with van der Waals surface area (Å²) in [4.78, 5) is 37.7. The van der Waals surface area contributed by atoms with E-state index < -0.39 is 11.9 Å². The lowest BCUT2D eigenvalue weighted by Gasteiger charge is -2.08. The topological polar surface area (TPSA) is 106 Å². The molecule has 0 radical (unpaired) electrons. The maximum Gasteiger partial charge on any atom is 0.343 e. The quantitative estimate of drug-likeness (QED) is 0.147. The van der Waals surface area contributed by atoms with Gasteiger partial charge in [-0.25, -0.2) is 10.2 Å². The monoisotopic (exact) mass is 507 g/mol. The Labute approximate surface area is 219 Å². The van der Waals surface area contributed by atoms with Crippen molar-refractivity contribution in [1.82, 2.24) is 5.43 Å². The third-order valence-corrected chi connectivity index (χ3v) is 5.49. The molecule has 0 bridgehead atoms. The van der Waals surface area contributed by atoms with E-state index in [0.717, 1.165) is 5.56 Å². The summed E-state index contributed by atoms with van der Waals surface area (Å²) < 4.78 is 10.7. The van der Waals surface area contributed by atoms with Gasteiger partial charge >= 0.3 is 5.97 Å². The molecule has 0 atom stereocenters. The van der Waals surface area contributed by atoms with Crippen molar-refractivity contribution in [2.24, 2.45) is 5.10 Å². The van der Waals surface area contributed by atoms with Gasteiger partial charge in [-0.3, -0.25) is 9.59 Å². The molecule has 4 aromatic carbocycles. The fourth-order valence-corrected chi connectivity index (χ4v) is 3.46. The van der Waals surface area contributed by atoms with Gasteiger partial charge in [0.05, 0.1) is 18.9 Å². The molecule has 0 heterocycles. The number of rotatable bonds is 8. The number of benzene rings is 4. The number of hydrogen-bond donors (Lipinski definition) is 2. The van der Waals surface area contributed by atoms with E-state index in [4.69, 9.17) is 9.47 Å². The summed E-state index contributed by atoms with van der Waals surface area (Å²) >= 11 is 0. The van der Waals surface area contributed by atoms with E-state index in [1.165, 1.54) is 13.3 Å². The lowest BCUT2D eigenvalue weighted by Crippen LogP contribution is -2.18. The minimum absolute atomic E-state index is 0.296. The summed E-state index contributed by atoms with van der Waals surface area (Å²) in [5, 5.41) is 6.78. The average Bonchev–Trinajstić information content (AvgIpc) is 2.94. The van der Waals surface area contributed by atoms with E-state index >= 15 is 0 Å². The molecular weight excluding hydrogens is 482 g/mol. The van der Waals surface area contributed by atoms with Gasteiger partial charge in [0.15, 0.2) is 0 Å². The van der Waals surface area contributed by atoms with Crippen molar-refractivity contribution in [2.75, 3.05) is 12.4 Å². The van der Waals surface area contributed by atoms with E-state index in [1.54, 1.807) is 84.9 Å². The van der Waals surface area contributed by atoms with Gasteiger partial charge in [0.25, 0.3) is 11.8 Å². The summed E-state index contributed by atoms with van der Waals surface area (Å²) in [7, 11) is 1.53.